The normalized spacial score (nSPS) is 12.3. The summed E-state index contributed by atoms with van der Waals surface area (Å²) in [6.45, 7) is 7.78. The monoisotopic (exact) mass is 581 g/mol. The van der Waals surface area contributed by atoms with E-state index in [2.05, 4.69) is 5.32 Å². The SMILES string of the molecule is CC(C)CNC(=O)[C@@H](Cc1ccccc1)N(Cc1ccc(F)cc1)C(=O)CN(c1ccccc1C(C)C)S(C)(=O)=O. The van der Waals surface area contributed by atoms with Crippen LogP contribution >= 0.6 is 0 Å². The Labute approximate surface area is 243 Å². The van der Waals surface area contributed by atoms with Crippen LogP contribution in [0, 0.1) is 11.7 Å². The quantitative estimate of drug-likeness (QED) is 0.303. The van der Waals surface area contributed by atoms with Gasteiger partial charge >= 0.3 is 0 Å². The van der Waals surface area contributed by atoms with Crippen LogP contribution in [0.1, 0.15) is 50.3 Å². The van der Waals surface area contributed by atoms with Crippen molar-refractivity contribution in [1.82, 2.24) is 10.2 Å². The van der Waals surface area contributed by atoms with Gasteiger partial charge in [-0.25, -0.2) is 12.8 Å². The molecule has 2 amide bonds. The van der Waals surface area contributed by atoms with Crippen molar-refractivity contribution in [1.29, 1.82) is 0 Å². The largest absolute Gasteiger partial charge is 0.354 e. The van der Waals surface area contributed by atoms with E-state index in [4.69, 9.17) is 0 Å². The van der Waals surface area contributed by atoms with Gasteiger partial charge in [-0.2, -0.15) is 0 Å². The van der Waals surface area contributed by atoms with E-state index in [1.54, 1.807) is 24.3 Å². The van der Waals surface area contributed by atoms with Gasteiger partial charge in [-0.3, -0.25) is 13.9 Å². The highest BCUT2D eigenvalue weighted by Crippen LogP contribution is 2.29. The van der Waals surface area contributed by atoms with Crippen LogP contribution in [-0.4, -0.2) is 50.5 Å². The van der Waals surface area contributed by atoms with Gasteiger partial charge in [0.15, 0.2) is 0 Å². The lowest BCUT2D eigenvalue weighted by atomic mass is 10.0. The molecule has 0 saturated heterocycles. The van der Waals surface area contributed by atoms with Gasteiger partial charge in [0, 0.05) is 19.5 Å². The smallest absolute Gasteiger partial charge is 0.244 e. The van der Waals surface area contributed by atoms with Crippen LogP contribution in [-0.2, 0) is 32.6 Å². The lowest BCUT2D eigenvalue weighted by Crippen LogP contribution is -2.53. The highest BCUT2D eigenvalue weighted by atomic mass is 32.2. The van der Waals surface area contributed by atoms with Crippen molar-refractivity contribution >= 4 is 27.5 Å². The molecule has 0 aromatic heterocycles. The zero-order valence-corrected chi connectivity index (χ0v) is 25.2. The third-order valence-corrected chi connectivity index (χ3v) is 7.85. The Morgan fingerprint density at radius 1 is 0.854 bits per heavy atom. The Balaban J connectivity index is 2.08. The number of amides is 2. The van der Waals surface area contributed by atoms with Crippen LogP contribution in [0.4, 0.5) is 10.1 Å². The summed E-state index contributed by atoms with van der Waals surface area (Å²) in [5.74, 6) is -1.11. The Morgan fingerprint density at radius 3 is 2.05 bits per heavy atom. The molecule has 0 spiro atoms. The van der Waals surface area contributed by atoms with Crippen molar-refractivity contribution < 1.29 is 22.4 Å². The minimum Gasteiger partial charge on any atom is -0.354 e. The maximum Gasteiger partial charge on any atom is 0.244 e. The Morgan fingerprint density at radius 2 is 1.46 bits per heavy atom. The van der Waals surface area contributed by atoms with Crippen molar-refractivity contribution in [2.24, 2.45) is 5.92 Å². The molecule has 3 aromatic carbocycles. The second kappa shape index (κ2) is 14.3. The summed E-state index contributed by atoms with van der Waals surface area (Å²) in [5.41, 5.74) is 2.66. The predicted molar refractivity (Wildman–Crippen MR) is 161 cm³/mol. The molecule has 0 fully saturated rings. The molecule has 1 N–H and O–H groups in total. The Kier molecular flexibility index (Phi) is 11.1. The molecule has 0 aliphatic heterocycles. The third-order valence-electron chi connectivity index (χ3n) is 6.73. The van der Waals surface area contributed by atoms with Crippen LogP contribution in [0.5, 0.6) is 0 Å². The number of rotatable bonds is 13. The minimum absolute atomic E-state index is 0.00482. The van der Waals surface area contributed by atoms with Crippen molar-refractivity contribution in [2.75, 3.05) is 23.7 Å². The van der Waals surface area contributed by atoms with E-state index in [-0.39, 0.29) is 30.7 Å². The molecule has 0 heterocycles. The van der Waals surface area contributed by atoms with Crippen molar-refractivity contribution in [2.45, 2.75) is 52.6 Å². The number of para-hydroxylation sites is 1. The molecule has 220 valence electrons. The van der Waals surface area contributed by atoms with Gasteiger partial charge in [0.2, 0.25) is 21.8 Å². The highest BCUT2D eigenvalue weighted by Gasteiger charge is 2.33. The first-order chi connectivity index (χ1) is 19.4. The van der Waals surface area contributed by atoms with E-state index in [1.165, 1.54) is 17.0 Å². The van der Waals surface area contributed by atoms with Crippen LogP contribution in [0.15, 0.2) is 78.9 Å². The van der Waals surface area contributed by atoms with Crippen LogP contribution < -0.4 is 9.62 Å². The van der Waals surface area contributed by atoms with E-state index in [9.17, 15) is 22.4 Å². The lowest BCUT2D eigenvalue weighted by molar-refractivity contribution is -0.140. The molecule has 0 bridgehead atoms. The van der Waals surface area contributed by atoms with Gasteiger partial charge in [0.05, 0.1) is 11.9 Å². The summed E-state index contributed by atoms with van der Waals surface area (Å²) < 4.78 is 40.9. The molecular formula is C32H40FN3O4S. The molecule has 0 aliphatic carbocycles. The molecule has 0 saturated carbocycles. The second-order valence-corrected chi connectivity index (χ2v) is 12.9. The average Bonchev–Trinajstić information content (AvgIpc) is 2.93. The number of nitrogens with zero attached hydrogens (tertiary/aromatic N) is 2. The number of hydrogen-bond donors (Lipinski definition) is 1. The average molecular weight is 582 g/mol. The van der Waals surface area contributed by atoms with Crippen LogP contribution in [0.3, 0.4) is 0 Å². The predicted octanol–water partition coefficient (Wildman–Crippen LogP) is 5.13. The standard InChI is InChI=1S/C32H40FN3O4S/c1-23(2)20-34-32(38)30(19-25-11-7-6-8-12-25)35(21-26-15-17-27(33)18-16-26)31(37)22-36(41(5,39)40)29-14-10-9-13-28(29)24(3)4/h6-18,23-24,30H,19-22H2,1-5H3,(H,34,38)/t30-/m1/s1. The van der Waals surface area contributed by atoms with Crippen molar-refractivity contribution in [3.8, 4) is 0 Å². The van der Waals surface area contributed by atoms with Gasteiger partial charge in [-0.15, -0.1) is 0 Å². The fourth-order valence-corrected chi connectivity index (χ4v) is 5.43. The van der Waals surface area contributed by atoms with E-state index >= 15 is 0 Å². The maximum atomic E-state index is 14.2. The maximum absolute atomic E-state index is 14.2. The highest BCUT2D eigenvalue weighted by molar-refractivity contribution is 7.92. The van der Waals surface area contributed by atoms with E-state index in [0.29, 0.717) is 17.8 Å². The first-order valence-corrected chi connectivity index (χ1v) is 15.6. The number of carbonyl (C=O) groups is 2. The van der Waals surface area contributed by atoms with E-state index in [1.807, 2.05) is 70.2 Å². The van der Waals surface area contributed by atoms with Crippen LogP contribution in [0.25, 0.3) is 0 Å². The molecule has 1 atom stereocenters. The van der Waals surface area contributed by atoms with E-state index in [0.717, 1.165) is 21.7 Å². The van der Waals surface area contributed by atoms with E-state index < -0.39 is 34.3 Å². The van der Waals surface area contributed by atoms with Gasteiger partial charge in [0.1, 0.15) is 18.4 Å². The number of halogens is 1. The summed E-state index contributed by atoms with van der Waals surface area (Å²) >= 11 is 0. The summed E-state index contributed by atoms with van der Waals surface area (Å²) in [6, 6.07) is 21.2. The summed E-state index contributed by atoms with van der Waals surface area (Å²) in [4.78, 5) is 29.2. The van der Waals surface area contributed by atoms with Gasteiger partial charge in [0.25, 0.3) is 0 Å². The first-order valence-electron chi connectivity index (χ1n) is 13.8. The number of anilines is 1. The molecule has 0 aliphatic rings. The third kappa shape index (κ3) is 9.14. The number of hydrogen-bond acceptors (Lipinski definition) is 4. The van der Waals surface area contributed by atoms with Crippen LogP contribution in [0.2, 0.25) is 0 Å². The summed E-state index contributed by atoms with van der Waals surface area (Å²) in [7, 11) is -3.87. The second-order valence-electron chi connectivity index (χ2n) is 11.0. The zero-order chi connectivity index (χ0) is 30.2. The molecule has 7 nitrogen and oxygen atoms in total. The molecule has 3 aromatic rings. The number of nitrogens with one attached hydrogen (secondary N) is 1. The fourth-order valence-electron chi connectivity index (χ4n) is 4.56. The molecule has 3 rings (SSSR count). The van der Waals surface area contributed by atoms with Gasteiger partial charge < -0.3 is 10.2 Å². The first kappa shape index (κ1) is 31.8. The van der Waals surface area contributed by atoms with Gasteiger partial charge in [-0.05, 0) is 46.7 Å². The molecule has 9 heteroatoms. The van der Waals surface area contributed by atoms with Crippen molar-refractivity contribution in [3.63, 3.8) is 0 Å². The molecule has 0 unspecified atom stereocenters. The summed E-state index contributed by atoms with van der Waals surface area (Å²) in [6.07, 6.45) is 1.29. The lowest BCUT2D eigenvalue weighted by Gasteiger charge is -2.34. The number of benzene rings is 3. The Bertz CT molecular complexity index is 1410. The van der Waals surface area contributed by atoms with Crippen molar-refractivity contribution in [3.05, 3.63) is 101 Å². The number of sulfonamides is 1. The number of carbonyl (C=O) groups excluding carboxylic acids is 2. The molecule has 41 heavy (non-hydrogen) atoms. The summed E-state index contributed by atoms with van der Waals surface area (Å²) in [5, 5.41) is 2.95. The molecule has 0 radical (unpaired) electrons. The van der Waals surface area contributed by atoms with Gasteiger partial charge in [-0.1, -0.05) is 88.4 Å². The fraction of sp³-hybridized carbons (Fsp3) is 0.375. The topological polar surface area (TPSA) is 86.8 Å². The molecular weight excluding hydrogens is 541 g/mol. The zero-order valence-electron chi connectivity index (χ0n) is 24.4. The Hall–Kier alpha value is -3.72. The minimum atomic E-state index is -3.87.